The van der Waals surface area contributed by atoms with Gasteiger partial charge in [0.2, 0.25) is 5.91 Å². The molecule has 0 bridgehead atoms. The lowest BCUT2D eigenvalue weighted by Crippen LogP contribution is -2.38. The third-order valence-corrected chi connectivity index (χ3v) is 4.49. The molecule has 2 atom stereocenters. The molecular formula is C12H15NOS2. The Bertz CT molecular complexity index is 362. The first kappa shape index (κ1) is 11.9. The predicted molar refractivity (Wildman–Crippen MR) is 72.4 cm³/mol. The number of amides is 1. The lowest BCUT2D eigenvalue weighted by molar-refractivity contribution is -0.126. The topological polar surface area (TPSA) is 20.3 Å². The molecule has 0 aromatic carbocycles. The van der Waals surface area contributed by atoms with Crippen LogP contribution in [0.1, 0.15) is 19.8 Å². The molecule has 2 rings (SSSR count). The molecule has 1 heterocycles. The summed E-state index contributed by atoms with van der Waals surface area (Å²) in [6, 6.07) is 0.288. The van der Waals surface area contributed by atoms with Gasteiger partial charge >= 0.3 is 0 Å². The summed E-state index contributed by atoms with van der Waals surface area (Å²) in [4.78, 5) is 13.3. The van der Waals surface area contributed by atoms with E-state index in [-0.39, 0.29) is 11.9 Å². The molecule has 0 saturated carbocycles. The van der Waals surface area contributed by atoms with Gasteiger partial charge in [-0.05, 0) is 18.8 Å². The van der Waals surface area contributed by atoms with E-state index in [0.717, 1.165) is 22.9 Å². The summed E-state index contributed by atoms with van der Waals surface area (Å²) < 4.78 is 0.743. The normalized spacial score (nSPS) is 28.8. The van der Waals surface area contributed by atoms with E-state index in [1.54, 1.807) is 23.6 Å². The van der Waals surface area contributed by atoms with Gasteiger partial charge in [0.15, 0.2) is 0 Å². The van der Waals surface area contributed by atoms with Gasteiger partial charge < -0.3 is 0 Å². The number of thiocarbonyl (C=S) groups is 1. The summed E-state index contributed by atoms with van der Waals surface area (Å²) in [5.41, 5.74) is 0. The number of hydrogen-bond donors (Lipinski definition) is 0. The van der Waals surface area contributed by atoms with Crippen molar-refractivity contribution in [2.75, 3.05) is 5.75 Å². The molecule has 1 aliphatic heterocycles. The van der Waals surface area contributed by atoms with Gasteiger partial charge in [-0.1, -0.05) is 48.3 Å². The molecule has 4 heteroatoms. The summed E-state index contributed by atoms with van der Waals surface area (Å²) in [5.74, 6) is 1.58. The highest BCUT2D eigenvalue weighted by Crippen LogP contribution is 2.30. The second-order valence-electron chi connectivity index (χ2n) is 4.16. The molecule has 0 aromatic heterocycles. The maximum Gasteiger partial charge on any atom is 0.225 e. The van der Waals surface area contributed by atoms with Crippen molar-refractivity contribution in [1.82, 2.24) is 4.90 Å². The van der Waals surface area contributed by atoms with Crippen LogP contribution in [0.2, 0.25) is 0 Å². The fourth-order valence-corrected chi connectivity index (χ4v) is 3.69. The van der Waals surface area contributed by atoms with Crippen molar-refractivity contribution in [3.05, 3.63) is 24.3 Å². The molecule has 0 aromatic rings. The fraction of sp³-hybridized carbons (Fsp3) is 0.500. The summed E-state index contributed by atoms with van der Waals surface area (Å²) in [6.07, 6.45) is 10.7. The molecule has 1 amide bonds. The van der Waals surface area contributed by atoms with Crippen molar-refractivity contribution in [1.29, 1.82) is 0 Å². The van der Waals surface area contributed by atoms with E-state index in [1.165, 1.54) is 0 Å². The van der Waals surface area contributed by atoms with Gasteiger partial charge in [0.25, 0.3) is 0 Å². The SMILES string of the molecule is CC(=O)N1C(=S)SCC1CC1C=CC=CC1. The molecule has 0 spiro atoms. The van der Waals surface area contributed by atoms with Gasteiger partial charge in [0.05, 0.1) is 0 Å². The second-order valence-corrected chi connectivity index (χ2v) is 5.82. The first-order valence-electron chi connectivity index (χ1n) is 5.48. The van der Waals surface area contributed by atoms with Gasteiger partial charge in [0, 0.05) is 18.7 Å². The van der Waals surface area contributed by atoms with Gasteiger partial charge in [-0.2, -0.15) is 0 Å². The molecule has 16 heavy (non-hydrogen) atoms. The Balaban J connectivity index is 1.99. The molecule has 0 radical (unpaired) electrons. The Hall–Kier alpha value is -0.610. The maximum atomic E-state index is 11.5. The summed E-state index contributed by atoms with van der Waals surface area (Å²) in [7, 11) is 0. The Morgan fingerprint density at radius 3 is 3.06 bits per heavy atom. The van der Waals surface area contributed by atoms with Crippen molar-refractivity contribution in [2.24, 2.45) is 5.92 Å². The first-order chi connectivity index (χ1) is 7.68. The summed E-state index contributed by atoms with van der Waals surface area (Å²) in [5, 5.41) is 0. The molecule has 1 aliphatic carbocycles. The quantitative estimate of drug-likeness (QED) is 0.706. The number of carbonyl (C=O) groups excluding carboxylic acids is 1. The minimum atomic E-state index is 0.0790. The Morgan fingerprint density at radius 2 is 2.44 bits per heavy atom. The number of thioether (sulfide) groups is 1. The van der Waals surface area contributed by atoms with Crippen LogP contribution in [-0.4, -0.2) is 26.9 Å². The first-order valence-corrected chi connectivity index (χ1v) is 6.87. The van der Waals surface area contributed by atoms with Crippen LogP contribution in [0, 0.1) is 5.92 Å². The molecule has 1 fully saturated rings. The molecule has 2 nitrogen and oxygen atoms in total. The monoisotopic (exact) mass is 253 g/mol. The zero-order valence-electron chi connectivity index (χ0n) is 9.26. The fourth-order valence-electron chi connectivity index (χ4n) is 2.18. The number of hydrogen-bond acceptors (Lipinski definition) is 3. The van der Waals surface area contributed by atoms with Gasteiger partial charge in [0.1, 0.15) is 4.32 Å². The lowest BCUT2D eigenvalue weighted by atomic mass is 9.93. The van der Waals surface area contributed by atoms with Gasteiger partial charge in [-0.25, -0.2) is 0 Å². The van der Waals surface area contributed by atoms with Crippen molar-refractivity contribution in [3.8, 4) is 0 Å². The third kappa shape index (κ3) is 2.55. The van der Waals surface area contributed by atoms with Crippen molar-refractivity contribution >= 4 is 34.2 Å². The predicted octanol–water partition coefficient (Wildman–Crippen LogP) is 2.76. The molecule has 2 aliphatic rings. The largest absolute Gasteiger partial charge is 0.294 e. The second kappa shape index (κ2) is 5.15. The van der Waals surface area contributed by atoms with Crippen LogP contribution in [0.25, 0.3) is 0 Å². The zero-order valence-corrected chi connectivity index (χ0v) is 10.9. The minimum absolute atomic E-state index is 0.0790. The summed E-state index contributed by atoms with van der Waals surface area (Å²) >= 11 is 6.82. The van der Waals surface area contributed by atoms with Crippen LogP contribution in [0.15, 0.2) is 24.3 Å². The van der Waals surface area contributed by atoms with Crippen molar-refractivity contribution in [2.45, 2.75) is 25.8 Å². The standard InChI is InChI=1S/C12H15NOS2/c1-9(14)13-11(8-16-12(13)15)7-10-5-3-2-4-6-10/h2-5,10-11H,6-8H2,1H3. The van der Waals surface area contributed by atoms with E-state index < -0.39 is 0 Å². The molecule has 2 unspecified atom stereocenters. The number of allylic oxidation sites excluding steroid dienone is 4. The van der Waals surface area contributed by atoms with E-state index in [4.69, 9.17) is 12.2 Å². The van der Waals surface area contributed by atoms with E-state index in [1.807, 2.05) is 0 Å². The van der Waals surface area contributed by atoms with E-state index in [9.17, 15) is 4.79 Å². The van der Waals surface area contributed by atoms with Gasteiger partial charge in [-0.15, -0.1) is 0 Å². The van der Waals surface area contributed by atoms with Crippen LogP contribution < -0.4 is 0 Å². The highest BCUT2D eigenvalue weighted by atomic mass is 32.2. The number of rotatable bonds is 2. The Morgan fingerprint density at radius 1 is 1.62 bits per heavy atom. The number of nitrogens with zero attached hydrogens (tertiary/aromatic N) is 1. The van der Waals surface area contributed by atoms with E-state index in [2.05, 4.69) is 24.3 Å². The smallest absolute Gasteiger partial charge is 0.225 e. The average Bonchev–Trinajstić information content (AvgIpc) is 2.61. The zero-order chi connectivity index (χ0) is 11.5. The van der Waals surface area contributed by atoms with Crippen molar-refractivity contribution < 1.29 is 4.79 Å². The van der Waals surface area contributed by atoms with Crippen LogP contribution in [0.3, 0.4) is 0 Å². The molecule has 0 N–H and O–H groups in total. The van der Waals surface area contributed by atoms with Crippen LogP contribution in [0.4, 0.5) is 0 Å². The van der Waals surface area contributed by atoms with Gasteiger partial charge in [-0.3, -0.25) is 9.69 Å². The highest BCUT2D eigenvalue weighted by Gasteiger charge is 2.32. The Kier molecular flexibility index (Phi) is 3.82. The molecule has 1 saturated heterocycles. The van der Waals surface area contributed by atoms with E-state index >= 15 is 0 Å². The third-order valence-electron chi connectivity index (χ3n) is 2.94. The molecule has 86 valence electrons. The maximum absolute atomic E-state index is 11.5. The number of carbonyl (C=O) groups is 1. The minimum Gasteiger partial charge on any atom is -0.294 e. The molecular weight excluding hydrogens is 238 g/mol. The highest BCUT2D eigenvalue weighted by molar-refractivity contribution is 8.23. The Labute approximate surface area is 106 Å². The van der Waals surface area contributed by atoms with Crippen LogP contribution in [-0.2, 0) is 4.79 Å². The van der Waals surface area contributed by atoms with Crippen LogP contribution >= 0.6 is 24.0 Å². The van der Waals surface area contributed by atoms with Crippen molar-refractivity contribution in [3.63, 3.8) is 0 Å². The van der Waals surface area contributed by atoms with E-state index in [0.29, 0.717) is 5.92 Å². The lowest BCUT2D eigenvalue weighted by Gasteiger charge is -2.25. The summed E-state index contributed by atoms with van der Waals surface area (Å²) in [6.45, 7) is 1.60. The average molecular weight is 253 g/mol. The van der Waals surface area contributed by atoms with Crippen LogP contribution in [0.5, 0.6) is 0 Å².